The van der Waals surface area contributed by atoms with Crippen LogP contribution < -0.4 is 10.2 Å². The number of nitrogens with one attached hydrogen (secondary N) is 1. The van der Waals surface area contributed by atoms with Crippen molar-refractivity contribution in [3.63, 3.8) is 0 Å². The lowest BCUT2D eigenvalue weighted by Crippen LogP contribution is -2.19. The number of hydrogen-bond acceptors (Lipinski definition) is 5. The fourth-order valence-electron chi connectivity index (χ4n) is 3.06. The van der Waals surface area contributed by atoms with Crippen LogP contribution in [0.25, 0.3) is 10.9 Å². The van der Waals surface area contributed by atoms with E-state index in [2.05, 4.69) is 49.4 Å². The number of pyridine rings is 1. The Balaban J connectivity index is 1.53. The van der Waals surface area contributed by atoms with E-state index in [0.717, 1.165) is 35.6 Å². The topological polar surface area (TPSA) is 53.9 Å². The van der Waals surface area contributed by atoms with Crippen LogP contribution in [0, 0.1) is 0 Å². The lowest BCUT2D eigenvalue weighted by Gasteiger charge is -2.16. The zero-order valence-electron chi connectivity index (χ0n) is 12.9. The van der Waals surface area contributed by atoms with E-state index in [1.54, 1.807) is 6.33 Å². The van der Waals surface area contributed by atoms with Crippen molar-refractivity contribution in [2.75, 3.05) is 23.3 Å². The Bertz CT molecular complexity index is 806. The van der Waals surface area contributed by atoms with Gasteiger partial charge in [-0.15, -0.1) is 0 Å². The van der Waals surface area contributed by atoms with E-state index in [9.17, 15) is 0 Å². The fourth-order valence-corrected chi connectivity index (χ4v) is 3.06. The van der Waals surface area contributed by atoms with Crippen LogP contribution in [0.3, 0.4) is 0 Å². The van der Waals surface area contributed by atoms with Gasteiger partial charge in [0, 0.05) is 37.3 Å². The first-order chi connectivity index (χ1) is 11.4. The number of nitrogens with zero attached hydrogens (tertiary/aromatic N) is 4. The minimum atomic E-state index is 0.699. The summed E-state index contributed by atoms with van der Waals surface area (Å²) in [5, 5.41) is 4.56. The molecule has 2 aromatic heterocycles. The van der Waals surface area contributed by atoms with E-state index < -0.39 is 0 Å². The van der Waals surface area contributed by atoms with E-state index in [4.69, 9.17) is 0 Å². The van der Waals surface area contributed by atoms with E-state index in [-0.39, 0.29) is 0 Å². The Morgan fingerprint density at radius 1 is 1.00 bits per heavy atom. The molecule has 1 saturated heterocycles. The molecule has 23 heavy (non-hydrogen) atoms. The zero-order chi connectivity index (χ0) is 15.5. The van der Waals surface area contributed by atoms with E-state index in [1.807, 2.05) is 18.3 Å². The van der Waals surface area contributed by atoms with Crippen LogP contribution in [0.15, 0.2) is 48.9 Å². The number of anilines is 2. The standard InChI is InChI=1S/C18H19N5/c1-2-10-23(9-1)17-11-16(21-13-22-17)20-12-15-6-3-5-14-7-4-8-19-18(14)15/h3-8,11,13H,1-2,9-10,12H2,(H,20,21,22). The summed E-state index contributed by atoms with van der Waals surface area (Å²) in [5.74, 6) is 1.87. The third-order valence-corrected chi connectivity index (χ3v) is 4.26. The van der Waals surface area contributed by atoms with Gasteiger partial charge in [0.25, 0.3) is 0 Å². The van der Waals surface area contributed by atoms with Crippen LogP contribution in [0.5, 0.6) is 0 Å². The first kappa shape index (κ1) is 13.9. The van der Waals surface area contributed by atoms with Crippen molar-refractivity contribution in [1.29, 1.82) is 0 Å². The average Bonchev–Trinajstić information content (AvgIpc) is 3.15. The molecule has 5 nitrogen and oxygen atoms in total. The number of para-hydroxylation sites is 1. The summed E-state index contributed by atoms with van der Waals surface area (Å²) in [7, 11) is 0. The Morgan fingerprint density at radius 2 is 1.87 bits per heavy atom. The van der Waals surface area contributed by atoms with Crippen molar-refractivity contribution in [2.45, 2.75) is 19.4 Å². The smallest absolute Gasteiger partial charge is 0.134 e. The molecule has 0 radical (unpaired) electrons. The SMILES string of the molecule is c1cnc2c(CNc3cc(N4CCCC4)ncn3)cccc2c1. The van der Waals surface area contributed by atoms with Crippen molar-refractivity contribution < 1.29 is 0 Å². The monoisotopic (exact) mass is 305 g/mol. The summed E-state index contributed by atoms with van der Waals surface area (Å²) < 4.78 is 0. The first-order valence-electron chi connectivity index (χ1n) is 8.04. The zero-order valence-corrected chi connectivity index (χ0v) is 12.9. The Morgan fingerprint density at radius 3 is 2.78 bits per heavy atom. The number of rotatable bonds is 4. The fraction of sp³-hybridized carbons (Fsp3) is 0.278. The largest absolute Gasteiger partial charge is 0.366 e. The van der Waals surface area contributed by atoms with Gasteiger partial charge in [0.15, 0.2) is 0 Å². The third kappa shape index (κ3) is 2.95. The summed E-state index contributed by atoms with van der Waals surface area (Å²) in [6.45, 7) is 2.87. The van der Waals surface area contributed by atoms with Gasteiger partial charge in [0.2, 0.25) is 0 Å². The highest BCUT2D eigenvalue weighted by molar-refractivity contribution is 5.81. The summed E-state index contributed by atoms with van der Waals surface area (Å²) in [5.41, 5.74) is 2.21. The lowest BCUT2D eigenvalue weighted by atomic mass is 10.1. The van der Waals surface area contributed by atoms with Crippen LogP contribution in [0.1, 0.15) is 18.4 Å². The number of hydrogen-bond donors (Lipinski definition) is 1. The molecular weight excluding hydrogens is 286 g/mol. The van der Waals surface area contributed by atoms with Gasteiger partial charge in [0.05, 0.1) is 5.52 Å². The summed E-state index contributed by atoms with van der Waals surface area (Å²) in [6.07, 6.45) is 5.96. The van der Waals surface area contributed by atoms with Crippen LogP contribution >= 0.6 is 0 Å². The predicted octanol–water partition coefficient (Wildman–Crippen LogP) is 3.24. The molecule has 0 saturated carbocycles. The molecule has 0 spiro atoms. The normalized spacial score (nSPS) is 14.3. The summed E-state index contributed by atoms with van der Waals surface area (Å²) in [4.78, 5) is 15.5. The molecule has 1 aliphatic heterocycles. The second-order valence-electron chi connectivity index (χ2n) is 5.80. The van der Waals surface area contributed by atoms with Crippen LogP contribution in [0.2, 0.25) is 0 Å². The van der Waals surface area contributed by atoms with Crippen molar-refractivity contribution >= 4 is 22.5 Å². The van der Waals surface area contributed by atoms with Gasteiger partial charge in [-0.2, -0.15) is 0 Å². The highest BCUT2D eigenvalue weighted by Gasteiger charge is 2.14. The van der Waals surface area contributed by atoms with Gasteiger partial charge in [-0.25, -0.2) is 9.97 Å². The molecule has 3 heterocycles. The molecule has 4 rings (SSSR count). The van der Waals surface area contributed by atoms with E-state index in [0.29, 0.717) is 6.54 Å². The second kappa shape index (κ2) is 6.20. The molecular formula is C18H19N5. The minimum Gasteiger partial charge on any atom is -0.366 e. The third-order valence-electron chi connectivity index (χ3n) is 4.26. The molecule has 3 aromatic rings. The molecule has 0 bridgehead atoms. The molecule has 1 fully saturated rings. The molecule has 1 N–H and O–H groups in total. The highest BCUT2D eigenvalue weighted by atomic mass is 15.2. The van der Waals surface area contributed by atoms with Crippen molar-refractivity contribution in [3.05, 3.63) is 54.5 Å². The second-order valence-corrected chi connectivity index (χ2v) is 5.80. The Hall–Kier alpha value is -2.69. The van der Waals surface area contributed by atoms with Crippen molar-refractivity contribution in [3.8, 4) is 0 Å². The van der Waals surface area contributed by atoms with Crippen LogP contribution in [0.4, 0.5) is 11.6 Å². The molecule has 0 aliphatic carbocycles. The predicted molar refractivity (Wildman–Crippen MR) is 92.5 cm³/mol. The van der Waals surface area contributed by atoms with Crippen molar-refractivity contribution in [2.24, 2.45) is 0 Å². The molecule has 116 valence electrons. The van der Waals surface area contributed by atoms with E-state index in [1.165, 1.54) is 18.4 Å². The van der Waals surface area contributed by atoms with Crippen LogP contribution in [-0.2, 0) is 6.54 Å². The highest BCUT2D eigenvalue weighted by Crippen LogP contribution is 2.21. The maximum Gasteiger partial charge on any atom is 0.134 e. The van der Waals surface area contributed by atoms with Crippen molar-refractivity contribution in [1.82, 2.24) is 15.0 Å². The first-order valence-corrected chi connectivity index (χ1v) is 8.04. The minimum absolute atomic E-state index is 0.699. The number of aromatic nitrogens is 3. The Labute approximate surface area is 135 Å². The van der Waals surface area contributed by atoms with Crippen LogP contribution in [-0.4, -0.2) is 28.0 Å². The van der Waals surface area contributed by atoms with E-state index >= 15 is 0 Å². The number of fused-ring (bicyclic) bond motifs is 1. The van der Waals surface area contributed by atoms with Gasteiger partial charge in [-0.3, -0.25) is 4.98 Å². The average molecular weight is 305 g/mol. The Kier molecular flexibility index (Phi) is 3.76. The van der Waals surface area contributed by atoms with Gasteiger partial charge in [-0.05, 0) is 24.5 Å². The van der Waals surface area contributed by atoms with Gasteiger partial charge in [-0.1, -0.05) is 24.3 Å². The quantitative estimate of drug-likeness (QED) is 0.802. The lowest BCUT2D eigenvalue weighted by molar-refractivity contribution is 0.925. The van der Waals surface area contributed by atoms with Gasteiger partial charge >= 0.3 is 0 Å². The molecule has 0 unspecified atom stereocenters. The molecule has 1 aliphatic rings. The summed E-state index contributed by atoms with van der Waals surface area (Å²) in [6, 6.07) is 12.3. The maximum atomic E-state index is 4.49. The molecule has 0 atom stereocenters. The maximum absolute atomic E-state index is 4.49. The van der Waals surface area contributed by atoms with Gasteiger partial charge in [0.1, 0.15) is 18.0 Å². The number of benzene rings is 1. The molecule has 0 amide bonds. The van der Waals surface area contributed by atoms with Gasteiger partial charge < -0.3 is 10.2 Å². The molecule has 1 aromatic carbocycles. The summed E-state index contributed by atoms with van der Waals surface area (Å²) >= 11 is 0. The molecule has 5 heteroatoms.